The van der Waals surface area contributed by atoms with Crippen molar-refractivity contribution in [2.75, 3.05) is 25.4 Å². The molecule has 0 aliphatic carbocycles. The predicted octanol–water partition coefficient (Wildman–Crippen LogP) is 3.23. The summed E-state index contributed by atoms with van der Waals surface area (Å²) in [5.41, 5.74) is 6.63. The molecular weight excluding hydrogens is 292 g/mol. The molecule has 0 bridgehead atoms. The fourth-order valence-electron chi connectivity index (χ4n) is 2.09. The van der Waals surface area contributed by atoms with E-state index in [0.29, 0.717) is 30.4 Å². The number of rotatable bonds is 1. The Labute approximate surface area is 130 Å². The third kappa shape index (κ3) is 4.25. The molecule has 0 saturated carbocycles. The molecule has 1 aliphatic heterocycles. The molecule has 5 nitrogen and oxygen atoms in total. The quantitative estimate of drug-likeness (QED) is 0.809. The van der Waals surface area contributed by atoms with Crippen molar-refractivity contribution >= 4 is 23.4 Å². The zero-order chi connectivity index (χ0) is 15.6. The molecule has 1 fully saturated rings. The van der Waals surface area contributed by atoms with Crippen LogP contribution in [0.3, 0.4) is 0 Å². The molecule has 1 heterocycles. The Bertz CT molecular complexity index is 528. The molecule has 0 spiro atoms. The van der Waals surface area contributed by atoms with Crippen LogP contribution in [0.1, 0.15) is 32.4 Å². The minimum Gasteiger partial charge on any atom is -0.444 e. The van der Waals surface area contributed by atoms with Gasteiger partial charge >= 0.3 is 6.09 Å². The second-order valence-corrected chi connectivity index (χ2v) is 6.47. The average molecular weight is 313 g/mol. The van der Waals surface area contributed by atoms with Gasteiger partial charge in [-0.25, -0.2) is 4.79 Å². The molecule has 1 aliphatic rings. The first kappa shape index (κ1) is 15.9. The molecule has 1 aromatic rings. The Kier molecular flexibility index (Phi) is 4.64. The third-order valence-electron chi connectivity index (χ3n) is 3.11. The molecule has 1 atom stereocenters. The number of amides is 1. The number of anilines is 1. The molecule has 1 amide bonds. The molecule has 0 unspecified atom stereocenters. The first-order valence-electron chi connectivity index (χ1n) is 6.91. The van der Waals surface area contributed by atoms with Crippen LogP contribution in [-0.2, 0) is 9.47 Å². The van der Waals surface area contributed by atoms with E-state index in [0.717, 1.165) is 5.56 Å². The van der Waals surface area contributed by atoms with E-state index >= 15 is 0 Å². The van der Waals surface area contributed by atoms with Crippen LogP contribution in [0.2, 0.25) is 5.02 Å². The third-order valence-corrected chi connectivity index (χ3v) is 3.44. The summed E-state index contributed by atoms with van der Waals surface area (Å²) in [6.45, 7) is 6.98. The summed E-state index contributed by atoms with van der Waals surface area (Å²) < 4.78 is 11.1. The van der Waals surface area contributed by atoms with Crippen molar-refractivity contribution in [1.82, 2.24) is 4.90 Å². The van der Waals surface area contributed by atoms with Gasteiger partial charge in [-0.3, -0.25) is 0 Å². The van der Waals surface area contributed by atoms with Crippen molar-refractivity contribution in [3.05, 3.63) is 28.8 Å². The zero-order valence-electron chi connectivity index (χ0n) is 12.6. The summed E-state index contributed by atoms with van der Waals surface area (Å²) in [5.74, 6) is 0. The van der Waals surface area contributed by atoms with Crippen molar-refractivity contribution in [3.63, 3.8) is 0 Å². The summed E-state index contributed by atoms with van der Waals surface area (Å²) in [5, 5.41) is 0.491. The van der Waals surface area contributed by atoms with E-state index in [9.17, 15) is 4.79 Å². The number of ether oxygens (including phenoxy) is 2. The van der Waals surface area contributed by atoms with Crippen LogP contribution in [0.4, 0.5) is 10.5 Å². The minimum atomic E-state index is -0.505. The van der Waals surface area contributed by atoms with E-state index in [1.165, 1.54) is 0 Å². The highest BCUT2D eigenvalue weighted by atomic mass is 35.5. The summed E-state index contributed by atoms with van der Waals surface area (Å²) in [4.78, 5) is 13.8. The maximum atomic E-state index is 12.1. The number of nitrogens with two attached hydrogens (primary N) is 1. The summed E-state index contributed by atoms with van der Waals surface area (Å²) in [6.07, 6.45) is -0.540. The number of morpholine rings is 1. The lowest BCUT2D eigenvalue weighted by atomic mass is 10.1. The molecule has 2 rings (SSSR count). The normalized spacial score (nSPS) is 19.4. The predicted molar refractivity (Wildman–Crippen MR) is 82.4 cm³/mol. The largest absolute Gasteiger partial charge is 0.444 e. The Hall–Kier alpha value is -1.46. The first-order chi connectivity index (χ1) is 9.76. The van der Waals surface area contributed by atoms with Crippen LogP contribution >= 0.6 is 11.6 Å². The Morgan fingerprint density at radius 2 is 2.19 bits per heavy atom. The molecule has 116 valence electrons. The van der Waals surface area contributed by atoms with E-state index in [1.807, 2.05) is 26.8 Å². The summed E-state index contributed by atoms with van der Waals surface area (Å²) >= 11 is 6.03. The van der Waals surface area contributed by atoms with E-state index in [1.54, 1.807) is 17.0 Å². The van der Waals surface area contributed by atoms with Gasteiger partial charge in [0.1, 0.15) is 11.7 Å². The van der Waals surface area contributed by atoms with Gasteiger partial charge in [-0.15, -0.1) is 0 Å². The Morgan fingerprint density at radius 1 is 1.48 bits per heavy atom. The molecule has 1 aromatic carbocycles. The lowest BCUT2D eigenvalue weighted by molar-refractivity contribution is -0.0432. The SMILES string of the molecule is CC(C)(C)OC(=O)N1CCO[C@@H](c2ccc(N)c(Cl)c2)C1. The van der Waals surface area contributed by atoms with Crippen molar-refractivity contribution in [3.8, 4) is 0 Å². The number of nitrogen functional groups attached to an aromatic ring is 1. The van der Waals surface area contributed by atoms with E-state index in [2.05, 4.69) is 0 Å². The van der Waals surface area contributed by atoms with Crippen LogP contribution in [-0.4, -0.2) is 36.3 Å². The number of hydrogen-bond donors (Lipinski definition) is 1. The number of halogens is 1. The van der Waals surface area contributed by atoms with Crippen molar-refractivity contribution < 1.29 is 14.3 Å². The highest BCUT2D eigenvalue weighted by molar-refractivity contribution is 6.33. The van der Waals surface area contributed by atoms with Crippen LogP contribution < -0.4 is 5.73 Å². The standard InChI is InChI=1S/C15H21ClN2O3/c1-15(2,3)21-14(19)18-6-7-20-13(9-18)10-4-5-12(17)11(16)8-10/h4-5,8,13H,6-7,9,17H2,1-3H3/t13-/m1/s1. The van der Waals surface area contributed by atoms with Gasteiger partial charge in [0.25, 0.3) is 0 Å². The highest BCUT2D eigenvalue weighted by Crippen LogP contribution is 2.28. The molecule has 1 saturated heterocycles. The monoisotopic (exact) mass is 312 g/mol. The smallest absolute Gasteiger partial charge is 0.410 e. The van der Waals surface area contributed by atoms with Crippen LogP contribution in [0.5, 0.6) is 0 Å². The van der Waals surface area contributed by atoms with Crippen LogP contribution in [0.15, 0.2) is 18.2 Å². The second kappa shape index (κ2) is 6.12. The maximum Gasteiger partial charge on any atom is 0.410 e. The first-order valence-corrected chi connectivity index (χ1v) is 7.28. The fourth-order valence-corrected chi connectivity index (χ4v) is 2.28. The van der Waals surface area contributed by atoms with Gasteiger partial charge in [-0.05, 0) is 38.5 Å². The fraction of sp³-hybridized carbons (Fsp3) is 0.533. The minimum absolute atomic E-state index is 0.218. The lowest BCUT2D eigenvalue weighted by Gasteiger charge is -2.34. The number of hydrogen-bond acceptors (Lipinski definition) is 4. The summed E-state index contributed by atoms with van der Waals surface area (Å²) in [7, 11) is 0. The number of carbonyl (C=O) groups is 1. The van der Waals surface area contributed by atoms with E-state index < -0.39 is 5.60 Å². The molecular formula is C15H21ClN2O3. The van der Waals surface area contributed by atoms with Crippen LogP contribution in [0, 0.1) is 0 Å². The molecule has 2 N–H and O–H groups in total. The van der Waals surface area contributed by atoms with Crippen LogP contribution in [0.25, 0.3) is 0 Å². The highest BCUT2D eigenvalue weighted by Gasteiger charge is 2.29. The molecule has 6 heteroatoms. The molecule has 0 aromatic heterocycles. The van der Waals surface area contributed by atoms with E-state index in [-0.39, 0.29) is 12.2 Å². The topological polar surface area (TPSA) is 64.8 Å². The van der Waals surface area contributed by atoms with Crippen molar-refractivity contribution in [2.24, 2.45) is 0 Å². The van der Waals surface area contributed by atoms with Gasteiger partial charge < -0.3 is 20.1 Å². The zero-order valence-corrected chi connectivity index (χ0v) is 13.3. The van der Waals surface area contributed by atoms with Crippen molar-refractivity contribution in [1.29, 1.82) is 0 Å². The Balaban J connectivity index is 2.06. The number of benzene rings is 1. The molecule has 21 heavy (non-hydrogen) atoms. The van der Waals surface area contributed by atoms with Gasteiger partial charge in [0, 0.05) is 6.54 Å². The average Bonchev–Trinajstić information content (AvgIpc) is 2.40. The summed E-state index contributed by atoms with van der Waals surface area (Å²) in [6, 6.07) is 5.39. The molecule has 0 radical (unpaired) electrons. The second-order valence-electron chi connectivity index (χ2n) is 6.07. The van der Waals surface area contributed by atoms with Gasteiger partial charge in [-0.2, -0.15) is 0 Å². The number of nitrogens with zero attached hydrogens (tertiary/aromatic N) is 1. The van der Waals surface area contributed by atoms with Gasteiger partial charge in [0.2, 0.25) is 0 Å². The number of carbonyl (C=O) groups excluding carboxylic acids is 1. The van der Waals surface area contributed by atoms with E-state index in [4.69, 9.17) is 26.8 Å². The van der Waals surface area contributed by atoms with Gasteiger partial charge in [0.15, 0.2) is 0 Å². The van der Waals surface area contributed by atoms with Gasteiger partial charge in [0.05, 0.1) is 23.9 Å². The van der Waals surface area contributed by atoms with Gasteiger partial charge in [-0.1, -0.05) is 17.7 Å². The Morgan fingerprint density at radius 3 is 2.81 bits per heavy atom. The lowest BCUT2D eigenvalue weighted by Crippen LogP contribution is -2.44. The maximum absolute atomic E-state index is 12.1. The van der Waals surface area contributed by atoms with Crippen molar-refractivity contribution in [2.45, 2.75) is 32.5 Å².